The number of hydrogen-bond donors (Lipinski definition) is 1. The van der Waals surface area contributed by atoms with Crippen LogP contribution in [0, 0.1) is 16.0 Å². The van der Waals surface area contributed by atoms with Crippen LogP contribution in [0.2, 0.25) is 0 Å². The summed E-state index contributed by atoms with van der Waals surface area (Å²) < 4.78 is 34.2. The molecule has 0 radical (unpaired) electrons. The number of nitrogens with zero attached hydrogens (tertiary/aromatic N) is 4. The van der Waals surface area contributed by atoms with Gasteiger partial charge in [0.25, 0.3) is 5.88 Å². The number of alkyl halides is 2. The first-order valence-electron chi connectivity index (χ1n) is 8.99. The molecule has 30 heavy (non-hydrogen) atoms. The third kappa shape index (κ3) is 5.07. The van der Waals surface area contributed by atoms with Gasteiger partial charge < -0.3 is 19.5 Å². The molecular formula is C18H18F2N4O6. The Balaban J connectivity index is 1.73. The summed E-state index contributed by atoms with van der Waals surface area (Å²) in [7, 11) is 0. The summed E-state index contributed by atoms with van der Waals surface area (Å²) in [5.74, 6) is -1.57. The highest BCUT2D eigenvalue weighted by atomic mass is 19.3. The number of nitro groups is 1. The summed E-state index contributed by atoms with van der Waals surface area (Å²) in [5.41, 5.74) is 0.150. The quantitative estimate of drug-likeness (QED) is 0.502. The fourth-order valence-corrected chi connectivity index (χ4v) is 3.11. The highest BCUT2D eigenvalue weighted by Crippen LogP contribution is 2.35. The summed E-state index contributed by atoms with van der Waals surface area (Å²) in [5, 5.41) is 20.8. The minimum Gasteiger partial charge on any atom is -0.481 e. The van der Waals surface area contributed by atoms with E-state index in [4.69, 9.17) is 9.84 Å². The molecular weight excluding hydrogens is 406 g/mol. The molecule has 160 valence electrons. The first kappa shape index (κ1) is 21.1. The number of carboxylic acids is 1. The minimum absolute atomic E-state index is 0.0196. The van der Waals surface area contributed by atoms with E-state index in [0.29, 0.717) is 31.5 Å². The predicted octanol–water partition coefficient (Wildman–Crippen LogP) is 2.87. The molecule has 1 fully saturated rings. The lowest BCUT2D eigenvalue weighted by Crippen LogP contribution is -2.37. The molecule has 0 atom stereocenters. The summed E-state index contributed by atoms with van der Waals surface area (Å²) in [6, 6.07) is 5.64. The Bertz CT molecular complexity index is 904. The van der Waals surface area contributed by atoms with Crippen molar-refractivity contribution in [1.82, 2.24) is 9.97 Å². The first-order chi connectivity index (χ1) is 14.3. The Morgan fingerprint density at radius 3 is 2.50 bits per heavy atom. The van der Waals surface area contributed by atoms with Crippen molar-refractivity contribution in [3.05, 3.63) is 46.3 Å². The molecule has 12 heteroatoms. The lowest BCUT2D eigenvalue weighted by molar-refractivity contribution is -0.385. The molecule has 1 N–H and O–H groups in total. The number of aromatic nitrogens is 2. The molecule has 0 amide bonds. The zero-order chi connectivity index (χ0) is 21.7. The fourth-order valence-electron chi connectivity index (χ4n) is 3.11. The van der Waals surface area contributed by atoms with Crippen molar-refractivity contribution in [3.8, 4) is 11.6 Å². The van der Waals surface area contributed by atoms with Crippen LogP contribution in [0.15, 0.2) is 30.6 Å². The summed E-state index contributed by atoms with van der Waals surface area (Å²) in [6.45, 7) is -2.41. The number of halogens is 2. The molecule has 1 aromatic heterocycles. The maximum atomic E-state index is 12.2. The second-order valence-corrected chi connectivity index (χ2v) is 6.52. The second kappa shape index (κ2) is 9.29. The molecule has 2 heterocycles. The van der Waals surface area contributed by atoms with E-state index in [2.05, 4.69) is 14.7 Å². The molecule has 2 aromatic rings. The van der Waals surface area contributed by atoms with E-state index >= 15 is 0 Å². The van der Waals surface area contributed by atoms with Crippen molar-refractivity contribution in [2.75, 3.05) is 18.0 Å². The normalized spacial score (nSPS) is 14.6. The number of carboxylic acid groups (broad SMARTS) is 1. The Morgan fingerprint density at radius 1 is 1.27 bits per heavy atom. The van der Waals surface area contributed by atoms with Gasteiger partial charge in [0.2, 0.25) is 5.82 Å². The van der Waals surface area contributed by atoms with Gasteiger partial charge in [-0.25, -0.2) is 4.98 Å². The molecule has 1 aromatic carbocycles. The van der Waals surface area contributed by atoms with Gasteiger partial charge in [-0.15, -0.1) is 0 Å². The molecule has 1 aliphatic heterocycles. The van der Waals surface area contributed by atoms with Gasteiger partial charge >= 0.3 is 18.3 Å². The molecule has 0 saturated carbocycles. The van der Waals surface area contributed by atoms with Crippen LogP contribution in [0.5, 0.6) is 11.6 Å². The number of carbonyl (C=O) groups is 1. The van der Waals surface area contributed by atoms with Crippen LogP contribution in [0.1, 0.15) is 18.4 Å². The van der Waals surface area contributed by atoms with E-state index in [-0.39, 0.29) is 24.1 Å². The van der Waals surface area contributed by atoms with E-state index in [1.54, 1.807) is 4.90 Å². The fraction of sp³-hybridized carbons (Fsp3) is 0.389. The molecule has 1 aliphatic rings. The van der Waals surface area contributed by atoms with Gasteiger partial charge in [-0.2, -0.15) is 13.8 Å². The van der Waals surface area contributed by atoms with Crippen LogP contribution >= 0.6 is 0 Å². The van der Waals surface area contributed by atoms with Crippen LogP contribution in [-0.2, 0) is 11.4 Å². The molecule has 0 unspecified atom stereocenters. The zero-order valence-corrected chi connectivity index (χ0v) is 15.6. The maximum Gasteiger partial charge on any atom is 0.387 e. The van der Waals surface area contributed by atoms with Crippen LogP contribution in [0.4, 0.5) is 20.3 Å². The van der Waals surface area contributed by atoms with Crippen LogP contribution < -0.4 is 14.4 Å². The Labute approximate surface area is 169 Å². The summed E-state index contributed by atoms with van der Waals surface area (Å²) >= 11 is 0. The highest BCUT2D eigenvalue weighted by Gasteiger charge is 2.32. The molecule has 0 bridgehead atoms. The number of anilines is 1. The average molecular weight is 424 g/mol. The van der Waals surface area contributed by atoms with E-state index in [0.717, 1.165) is 6.33 Å². The number of piperidine rings is 1. The summed E-state index contributed by atoms with van der Waals surface area (Å²) in [4.78, 5) is 31.6. The van der Waals surface area contributed by atoms with Crippen LogP contribution in [0.25, 0.3) is 0 Å². The zero-order valence-electron chi connectivity index (χ0n) is 15.6. The van der Waals surface area contributed by atoms with Crippen molar-refractivity contribution >= 4 is 17.5 Å². The summed E-state index contributed by atoms with van der Waals surface area (Å²) in [6.07, 6.45) is 1.83. The second-order valence-electron chi connectivity index (χ2n) is 6.52. The first-order valence-corrected chi connectivity index (χ1v) is 8.99. The molecule has 3 rings (SSSR count). The smallest absolute Gasteiger partial charge is 0.387 e. The van der Waals surface area contributed by atoms with E-state index in [9.17, 15) is 23.7 Å². The maximum absolute atomic E-state index is 12.2. The van der Waals surface area contributed by atoms with Crippen molar-refractivity contribution in [3.63, 3.8) is 0 Å². The monoisotopic (exact) mass is 424 g/mol. The lowest BCUT2D eigenvalue weighted by Gasteiger charge is -2.30. The highest BCUT2D eigenvalue weighted by molar-refractivity contribution is 5.71. The van der Waals surface area contributed by atoms with Crippen molar-refractivity contribution in [2.45, 2.75) is 26.1 Å². The topological polar surface area (TPSA) is 128 Å². The standard InChI is InChI=1S/C18H18F2N4O6/c19-18(20)30-13-3-1-11(2-4-13)9-29-16-14(24(27)28)15(21-10-22-16)23-7-5-12(6-8-23)17(25)26/h1-4,10,12,18H,5-9H2,(H,25,26). The Morgan fingerprint density at radius 2 is 1.93 bits per heavy atom. The predicted molar refractivity (Wildman–Crippen MR) is 98.7 cm³/mol. The van der Waals surface area contributed by atoms with Gasteiger partial charge in [0, 0.05) is 13.1 Å². The van der Waals surface area contributed by atoms with Gasteiger partial charge in [-0.1, -0.05) is 12.1 Å². The van der Waals surface area contributed by atoms with Gasteiger partial charge in [0.15, 0.2) is 0 Å². The van der Waals surface area contributed by atoms with Crippen molar-refractivity contribution in [1.29, 1.82) is 0 Å². The van der Waals surface area contributed by atoms with E-state index in [1.807, 2.05) is 0 Å². The van der Waals surface area contributed by atoms with Gasteiger partial charge in [-0.05, 0) is 30.5 Å². The third-order valence-corrected chi connectivity index (χ3v) is 4.62. The number of benzene rings is 1. The lowest BCUT2D eigenvalue weighted by atomic mass is 9.97. The average Bonchev–Trinajstić information content (AvgIpc) is 2.72. The molecule has 10 nitrogen and oxygen atoms in total. The minimum atomic E-state index is -2.94. The Hall–Kier alpha value is -3.57. The number of hydrogen-bond acceptors (Lipinski definition) is 8. The SMILES string of the molecule is O=C(O)C1CCN(c2ncnc(OCc3ccc(OC(F)F)cc3)c2[N+](=O)[O-])CC1. The van der Waals surface area contributed by atoms with Gasteiger partial charge in [0.1, 0.15) is 18.7 Å². The third-order valence-electron chi connectivity index (χ3n) is 4.62. The van der Waals surface area contributed by atoms with Gasteiger partial charge in [0.05, 0.1) is 10.8 Å². The van der Waals surface area contributed by atoms with Crippen molar-refractivity contribution in [2.24, 2.45) is 5.92 Å². The van der Waals surface area contributed by atoms with E-state index < -0.39 is 29.1 Å². The number of ether oxygens (including phenoxy) is 2. The van der Waals surface area contributed by atoms with Crippen LogP contribution in [0.3, 0.4) is 0 Å². The molecule has 1 saturated heterocycles. The largest absolute Gasteiger partial charge is 0.481 e. The molecule has 0 spiro atoms. The van der Waals surface area contributed by atoms with E-state index in [1.165, 1.54) is 24.3 Å². The van der Waals surface area contributed by atoms with Gasteiger partial charge in [-0.3, -0.25) is 14.9 Å². The van der Waals surface area contributed by atoms with Crippen molar-refractivity contribution < 1.29 is 33.1 Å². The van der Waals surface area contributed by atoms with Crippen LogP contribution in [-0.4, -0.2) is 45.7 Å². The molecule has 0 aliphatic carbocycles. The number of aliphatic carboxylic acids is 1. The number of rotatable bonds is 8. The Kier molecular flexibility index (Phi) is 6.54.